The lowest BCUT2D eigenvalue weighted by Gasteiger charge is -2.09. The predicted molar refractivity (Wildman–Crippen MR) is 85.3 cm³/mol. The summed E-state index contributed by atoms with van der Waals surface area (Å²) >= 11 is 5.85. The van der Waals surface area contributed by atoms with Crippen molar-refractivity contribution in [1.82, 2.24) is 0 Å². The van der Waals surface area contributed by atoms with Crippen molar-refractivity contribution in [2.75, 3.05) is 0 Å². The van der Waals surface area contributed by atoms with E-state index in [0.717, 1.165) is 30.3 Å². The molecule has 0 aliphatic rings. The third-order valence-electron chi connectivity index (χ3n) is 3.14. The highest BCUT2D eigenvalue weighted by Crippen LogP contribution is 2.32. The molecule has 0 amide bonds. The van der Waals surface area contributed by atoms with Crippen molar-refractivity contribution in [3.05, 3.63) is 63.5 Å². The molecule has 2 aromatic rings. The highest BCUT2D eigenvalue weighted by atomic mass is 35.5. The molecule has 130 valence electrons. The average molecular weight is 388 g/mol. The second kappa shape index (κ2) is 6.78. The molecule has 0 heterocycles. The highest BCUT2D eigenvalue weighted by molar-refractivity contribution is 7.95. The Morgan fingerprint density at radius 3 is 2.44 bits per heavy atom. The molecule has 2 aromatic carbocycles. The van der Waals surface area contributed by atoms with Crippen molar-refractivity contribution in [1.29, 1.82) is 5.26 Å². The van der Waals surface area contributed by atoms with Gasteiger partial charge in [0.05, 0.1) is 15.5 Å². The first-order valence-electron chi connectivity index (χ1n) is 6.58. The maximum Gasteiger partial charge on any atom is 0.416 e. The average Bonchev–Trinajstić information content (AvgIpc) is 2.53. The summed E-state index contributed by atoms with van der Waals surface area (Å²) in [6.07, 6.45) is -3.79. The molecule has 9 heteroatoms. The van der Waals surface area contributed by atoms with Gasteiger partial charge in [-0.05, 0) is 48.0 Å². The topological polar surface area (TPSA) is 78.2 Å². The maximum absolute atomic E-state index is 12.8. The molecule has 0 aromatic heterocycles. The fraction of sp³-hybridized carbons (Fsp3) is 0.0625. The molecule has 0 bridgehead atoms. The standard InChI is InChI=1S/C16H9ClF3NO3S/c17-15-8-12(22)5-4-10(15)6-14(9-21)25(23,24)13-3-1-2-11(7-13)16(18,19)20/h1-8,22H/b14-6+. The molecule has 25 heavy (non-hydrogen) atoms. The zero-order valence-electron chi connectivity index (χ0n) is 12.2. The van der Waals surface area contributed by atoms with Gasteiger partial charge in [-0.15, -0.1) is 0 Å². The quantitative estimate of drug-likeness (QED) is 0.791. The lowest BCUT2D eigenvalue weighted by molar-refractivity contribution is -0.137. The van der Waals surface area contributed by atoms with Gasteiger partial charge < -0.3 is 5.11 Å². The van der Waals surface area contributed by atoms with Gasteiger partial charge in [0.25, 0.3) is 0 Å². The van der Waals surface area contributed by atoms with Crippen molar-refractivity contribution < 1.29 is 26.7 Å². The summed E-state index contributed by atoms with van der Waals surface area (Å²) in [4.78, 5) is -1.44. The minimum Gasteiger partial charge on any atom is -0.508 e. The van der Waals surface area contributed by atoms with Crippen LogP contribution in [-0.4, -0.2) is 13.5 Å². The number of allylic oxidation sites excluding steroid dienone is 1. The summed E-state index contributed by atoms with van der Waals surface area (Å²) in [5, 5.41) is 18.4. The largest absolute Gasteiger partial charge is 0.508 e. The Labute approximate surface area is 146 Å². The number of rotatable bonds is 3. The Balaban J connectivity index is 2.57. The van der Waals surface area contributed by atoms with Crippen molar-refractivity contribution >= 4 is 27.5 Å². The molecule has 0 aliphatic heterocycles. The summed E-state index contributed by atoms with van der Waals surface area (Å²) in [5.74, 6) is -0.165. The Morgan fingerprint density at radius 1 is 1.20 bits per heavy atom. The first-order chi connectivity index (χ1) is 11.6. The van der Waals surface area contributed by atoms with Gasteiger partial charge in [0.2, 0.25) is 9.84 Å². The Bertz CT molecular complexity index is 992. The Kier molecular flexibility index (Phi) is 5.11. The lowest BCUT2D eigenvalue weighted by Crippen LogP contribution is -2.08. The van der Waals surface area contributed by atoms with Crippen LogP contribution in [-0.2, 0) is 16.0 Å². The number of benzene rings is 2. The van der Waals surface area contributed by atoms with Gasteiger partial charge in [0.1, 0.15) is 16.7 Å². The van der Waals surface area contributed by atoms with E-state index in [4.69, 9.17) is 16.9 Å². The van der Waals surface area contributed by atoms with Crippen LogP contribution in [0.1, 0.15) is 11.1 Å². The van der Waals surface area contributed by atoms with Crippen LogP contribution < -0.4 is 0 Å². The van der Waals surface area contributed by atoms with Gasteiger partial charge in [-0.1, -0.05) is 17.7 Å². The van der Waals surface area contributed by atoms with Gasteiger partial charge in [-0.3, -0.25) is 0 Å². The first kappa shape index (κ1) is 18.8. The predicted octanol–water partition coefficient (Wildman–Crippen LogP) is 4.40. The second-order valence-electron chi connectivity index (χ2n) is 4.86. The molecule has 4 nitrogen and oxygen atoms in total. The van der Waals surface area contributed by atoms with E-state index >= 15 is 0 Å². The molecule has 0 radical (unpaired) electrons. The number of phenolic OH excluding ortho intramolecular Hbond substituents is 1. The van der Waals surface area contributed by atoms with Crippen molar-refractivity contribution in [3.63, 3.8) is 0 Å². The molecular weight excluding hydrogens is 379 g/mol. The zero-order valence-corrected chi connectivity index (χ0v) is 13.8. The lowest BCUT2D eigenvalue weighted by atomic mass is 10.2. The maximum atomic E-state index is 12.8. The summed E-state index contributed by atoms with van der Waals surface area (Å²) in [5.41, 5.74) is -1.03. The van der Waals surface area contributed by atoms with E-state index in [2.05, 4.69) is 0 Å². The van der Waals surface area contributed by atoms with Crippen LogP contribution in [0.3, 0.4) is 0 Å². The van der Waals surface area contributed by atoms with Crippen LogP contribution >= 0.6 is 11.6 Å². The number of nitrogens with zero attached hydrogens (tertiary/aromatic N) is 1. The molecular formula is C16H9ClF3NO3S. The summed E-state index contributed by atoms with van der Waals surface area (Å²) in [6, 6.07) is 8.19. The molecule has 0 atom stereocenters. The van der Waals surface area contributed by atoms with E-state index < -0.39 is 31.4 Å². The molecule has 2 rings (SSSR count). The fourth-order valence-corrected chi connectivity index (χ4v) is 3.34. The minimum absolute atomic E-state index is 0.0213. The molecule has 0 saturated heterocycles. The number of halogens is 4. The minimum atomic E-state index is -4.72. The monoisotopic (exact) mass is 387 g/mol. The van der Waals surface area contributed by atoms with E-state index in [9.17, 15) is 26.7 Å². The van der Waals surface area contributed by atoms with Crippen LogP contribution in [0, 0.1) is 11.3 Å². The van der Waals surface area contributed by atoms with Gasteiger partial charge in [-0.2, -0.15) is 18.4 Å². The zero-order chi connectivity index (χ0) is 18.8. The number of hydrogen-bond acceptors (Lipinski definition) is 4. The van der Waals surface area contributed by atoms with Gasteiger partial charge in [0.15, 0.2) is 0 Å². The number of alkyl halides is 3. The van der Waals surface area contributed by atoms with Crippen LogP contribution in [0.2, 0.25) is 5.02 Å². The number of hydrogen-bond donors (Lipinski definition) is 1. The van der Waals surface area contributed by atoms with Gasteiger partial charge >= 0.3 is 6.18 Å². The van der Waals surface area contributed by atoms with E-state index in [0.29, 0.717) is 6.07 Å². The van der Waals surface area contributed by atoms with E-state index in [1.165, 1.54) is 18.2 Å². The highest BCUT2D eigenvalue weighted by Gasteiger charge is 2.32. The normalized spacial score (nSPS) is 12.7. The smallest absolute Gasteiger partial charge is 0.416 e. The molecule has 0 saturated carbocycles. The Morgan fingerprint density at radius 2 is 1.88 bits per heavy atom. The summed E-state index contributed by atoms with van der Waals surface area (Å²) in [6.45, 7) is 0. The molecule has 1 N–H and O–H groups in total. The fourth-order valence-electron chi connectivity index (χ4n) is 1.91. The van der Waals surface area contributed by atoms with Crippen LogP contribution in [0.25, 0.3) is 6.08 Å². The third-order valence-corrected chi connectivity index (χ3v) is 5.13. The molecule has 0 unspecified atom stereocenters. The number of phenols is 1. The third kappa shape index (κ3) is 4.13. The SMILES string of the molecule is N#C/C(=C\c1ccc(O)cc1Cl)S(=O)(=O)c1cccc(C(F)(F)F)c1. The second-order valence-corrected chi connectivity index (χ2v) is 7.18. The number of sulfone groups is 1. The first-order valence-corrected chi connectivity index (χ1v) is 8.44. The van der Waals surface area contributed by atoms with Crippen LogP contribution in [0.4, 0.5) is 13.2 Å². The van der Waals surface area contributed by atoms with Crippen LogP contribution in [0.5, 0.6) is 5.75 Å². The van der Waals surface area contributed by atoms with Gasteiger partial charge in [-0.25, -0.2) is 8.42 Å². The van der Waals surface area contributed by atoms with E-state index in [-0.39, 0.29) is 16.3 Å². The van der Waals surface area contributed by atoms with Crippen molar-refractivity contribution in [2.45, 2.75) is 11.1 Å². The summed E-state index contributed by atoms with van der Waals surface area (Å²) < 4.78 is 63.2. The van der Waals surface area contributed by atoms with Crippen LogP contribution in [0.15, 0.2) is 52.3 Å². The molecule has 0 fully saturated rings. The van der Waals surface area contributed by atoms with Crippen molar-refractivity contribution in [2.24, 2.45) is 0 Å². The van der Waals surface area contributed by atoms with E-state index in [1.54, 1.807) is 0 Å². The molecule has 0 spiro atoms. The summed E-state index contributed by atoms with van der Waals surface area (Å²) in [7, 11) is -4.48. The van der Waals surface area contributed by atoms with Crippen molar-refractivity contribution in [3.8, 4) is 11.8 Å². The van der Waals surface area contributed by atoms with Gasteiger partial charge in [0, 0.05) is 0 Å². The Hall–Kier alpha value is -2.50. The molecule has 0 aliphatic carbocycles. The number of aromatic hydroxyl groups is 1. The van der Waals surface area contributed by atoms with E-state index in [1.807, 2.05) is 0 Å². The number of nitriles is 1.